The summed E-state index contributed by atoms with van der Waals surface area (Å²) in [6, 6.07) is 0. The van der Waals surface area contributed by atoms with Crippen molar-refractivity contribution >= 4 is 11.8 Å². The van der Waals surface area contributed by atoms with Gasteiger partial charge in [0.25, 0.3) is 0 Å². The van der Waals surface area contributed by atoms with Crippen molar-refractivity contribution < 1.29 is 14.3 Å². The zero-order chi connectivity index (χ0) is 9.84. The molecule has 0 aromatic heterocycles. The molecule has 0 aromatic carbocycles. The molecule has 13 heavy (non-hydrogen) atoms. The molecule has 0 fully saturated rings. The standard InChI is InChI=1S/C9H13NO3/c1-3-13-9(12)7-4-5-10(2)6-8(7)11/h4-5,7H,3,6H2,1-2H3. The van der Waals surface area contributed by atoms with E-state index in [4.69, 9.17) is 4.74 Å². The molecule has 0 radical (unpaired) electrons. The zero-order valence-corrected chi connectivity index (χ0v) is 7.82. The van der Waals surface area contributed by atoms with E-state index in [1.54, 1.807) is 31.1 Å². The van der Waals surface area contributed by atoms with Gasteiger partial charge in [0.15, 0.2) is 5.78 Å². The van der Waals surface area contributed by atoms with Crippen LogP contribution in [0.2, 0.25) is 0 Å². The summed E-state index contributed by atoms with van der Waals surface area (Å²) in [6.45, 7) is 2.31. The minimum atomic E-state index is -0.698. The molecule has 0 spiro atoms. The van der Waals surface area contributed by atoms with Crippen LogP contribution >= 0.6 is 0 Å². The highest BCUT2D eigenvalue weighted by atomic mass is 16.5. The lowest BCUT2D eigenvalue weighted by Gasteiger charge is -2.21. The van der Waals surface area contributed by atoms with E-state index in [-0.39, 0.29) is 12.3 Å². The van der Waals surface area contributed by atoms with Gasteiger partial charge >= 0.3 is 5.97 Å². The lowest BCUT2D eigenvalue weighted by atomic mass is 10.0. The Labute approximate surface area is 77.2 Å². The van der Waals surface area contributed by atoms with E-state index < -0.39 is 11.9 Å². The number of hydrogen-bond acceptors (Lipinski definition) is 4. The number of carbonyl (C=O) groups is 2. The summed E-state index contributed by atoms with van der Waals surface area (Å²) in [4.78, 5) is 24.3. The third-order valence-electron chi connectivity index (χ3n) is 1.83. The van der Waals surface area contributed by atoms with Crippen molar-refractivity contribution in [2.75, 3.05) is 20.2 Å². The van der Waals surface area contributed by atoms with Crippen LogP contribution in [0.5, 0.6) is 0 Å². The number of carbonyl (C=O) groups excluding carboxylic acids is 2. The average Bonchev–Trinajstić information content (AvgIpc) is 2.04. The summed E-state index contributed by atoms with van der Waals surface area (Å²) in [5, 5.41) is 0. The number of rotatable bonds is 2. The van der Waals surface area contributed by atoms with Crippen LogP contribution in [0.25, 0.3) is 0 Å². The molecule has 0 aliphatic carbocycles. The van der Waals surface area contributed by atoms with Crippen LogP contribution < -0.4 is 0 Å². The quantitative estimate of drug-likeness (QED) is 0.453. The van der Waals surface area contributed by atoms with Gasteiger partial charge in [-0.2, -0.15) is 0 Å². The summed E-state index contributed by atoms with van der Waals surface area (Å²) in [5.74, 6) is -1.25. The highest BCUT2D eigenvalue weighted by Crippen LogP contribution is 2.10. The van der Waals surface area contributed by atoms with Gasteiger partial charge in [-0.15, -0.1) is 0 Å². The second kappa shape index (κ2) is 4.07. The predicted octanol–water partition coefficient (Wildman–Crippen LogP) is 0.194. The van der Waals surface area contributed by atoms with Crippen molar-refractivity contribution in [2.45, 2.75) is 6.92 Å². The number of hydrogen-bond donors (Lipinski definition) is 0. The molecule has 0 saturated heterocycles. The van der Waals surface area contributed by atoms with Crippen LogP contribution in [0.4, 0.5) is 0 Å². The Hall–Kier alpha value is -1.32. The molecule has 0 bridgehead atoms. The first-order chi connectivity index (χ1) is 6.15. The van der Waals surface area contributed by atoms with Crippen molar-refractivity contribution in [1.29, 1.82) is 0 Å². The van der Waals surface area contributed by atoms with Crippen LogP contribution in [-0.4, -0.2) is 36.9 Å². The van der Waals surface area contributed by atoms with Crippen molar-refractivity contribution in [1.82, 2.24) is 4.90 Å². The van der Waals surface area contributed by atoms with E-state index in [1.807, 2.05) is 0 Å². The summed E-state index contributed by atoms with van der Waals surface area (Å²) in [5.41, 5.74) is 0. The summed E-state index contributed by atoms with van der Waals surface area (Å²) in [7, 11) is 1.79. The van der Waals surface area contributed by atoms with E-state index >= 15 is 0 Å². The molecule has 1 unspecified atom stereocenters. The first-order valence-electron chi connectivity index (χ1n) is 4.23. The van der Waals surface area contributed by atoms with Gasteiger partial charge in [0.2, 0.25) is 0 Å². The number of ether oxygens (including phenoxy) is 1. The third kappa shape index (κ3) is 2.31. The molecule has 4 heteroatoms. The maximum atomic E-state index is 11.3. The molecular weight excluding hydrogens is 170 g/mol. The molecule has 0 amide bonds. The molecule has 1 heterocycles. The maximum absolute atomic E-state index is 11.3. The Bertz CT molecular complexity index is 247. The van der Waals surface area contributed by atoms with Crippen LogP contribution in [0.3, 0.4) is 0 Å². The molecule has 1 rings (SSSR count). The Morgan fingerprint density at radius 3 is 3.00 bits per heavy atom. The van der Waals surface area contributed by atoms with Crippen molar-refractivity contribution in [3.8, 4) is 0 Å². The lowest BCUT2D eigenvalue weighted by molar-refractivity contribution is -0.149. The van der Waals surface area contributed by atoms with E-state index in [1.165, 1.54) is 0 Å². The average molecular weight is 183 g/mol. The van der Waals surface area contributed by atoms with Gasteiger partial charge < -0.3 is 9.64 Å². The van der Waals surface area contributed by atoms with Gasteiger partial charge in [-0.05, 0) is 19.2 Å². The number of esters is 1. The Balaban J connectivity index is 2.65. The van der Waals surface area contributed by atoms with Gasteiger partial charge in [-0.25, -0.2) is 0 Å². The molecule has 0 aromatic rings. The largest absolute Gasteiger partial charge is 0.465 e. The van der Waals surface area contributed by atoms with Gasteiger partial charge in [-0.1, -0.05) is 0 Å². The van der Waals surface area contributed by atoms with Crippen molar-refractivity contribution in [3.05, 3.63) is 12.3 Å². The predicted molar refractivity (Wildman–Crippen MR) is 46.9 cm³/mol. The topological polar surface area (TPSA) is 46.6 Å². The van der Waals surface area contributed by atoms with E-state index in [2.05, 4.69) is 0 Å². The van der Waals surface area contributed by atoms with Crippen molar-refractivity contribution in [2.24, 2.45) is 5.92 Å². The van der Waals surface area contributed by atoms with Gasteiger partial charge in [0.05, 0.1) is 13.2 Å². The SMILES string of the molecule is CCOC(=O)C1C=CN(C)CC1=O. The highest BCUT2D eigenvalue weighted by Gasteiger charge is 2.28. The minimum Gasteiger partial charge on any atom is -0.465 e. The van der Waals surface area contributed by atoms with E-state index in [0.717, 1.165) is 0 Å². The normalized spacial score (nSPS) is 21.8. The van der Waals surface area contributed by atoms with Crippen LogP contribution in [0.15, 0.2) is 12.3 Å². The van der Waals surface area contributed by atoms with Crippen molar-refractivity contribution in [3.63, 3.8) is 0 Å². The summed E-state index contributed by atoms with van der Waals surface area (Å²) in [6.07, 6.45) is 3.30. The van der Waals surface area contributed by atoms with E-state index in [0.29, 0.717) is 6.61 Å². The number of ketones is 1. The first kappa shape index (κ1) is 9.77. The minimum absolute atomic E-state index is 0.108. The molecule has 1 aliphatic heterocycles. The van der Waals surface area contributed by atoms with Crippen LogP contribution in [-0.2, 0) is 14.3 Å². The first-order valence-corrected chi connectivity index (χ1v) is 4.23. The fourth-order valence-corrected chi connectivity index (χ4v) is 1.18. The van der Waals surface area contributed by atoms with Gasteiger partial charge in [0.1, 0.15) is 5.92 Å². The van der Waals surface area contributed by atoms with Crippen LogP contribution in [0.1, 0.15) is 6.92 Å². The van der Waals surface area contributed by atoms with E-state index in [9.17, 15) is 9.59 Å². The smallest absolute Gasteiger partial charge is 0.320 e. The lowest BCUT2D eigenvalue weighted by Crippen LogP contribution is -2.35. The maximum Gasteiger partial charge on any atom is 0.320 e. The third-order valence-corrected chi connectivity index (χ3v) is 1.83. The molecule has 0 N–H and O–H groups in total. The monoisotopic (exact) mass is 183 g/mol. The second-order valence-electron chi connectivity index (χ2n) is 2.95. The molecule has 72 valence electrons. The number of nitrogens with zero attached hydrogens (tertiary/aromatic N) is 1. The fraction of sp³-hybridized carbons (Fsp3) is 0.556. The Morgan fingerprint density at radius 2 is 2.46 bits per heavy atom. The number of likely N-dealkylation sites (N-methyl/N-ethyl adjacent to an activating group) is 1. The Kier molecular flexibility index (Phi) is 3.06. The summed E-state index contributed by atoms with van der Waals surface area (Å²) < 4.78 is 4.76. The second-order valence-corrected chi connectivity index (χ2v) is 2.95. The molecule has 0 saturated carbocycles. The molecular formula is C9H13NO3. The Morgan fingerprint density at radius 1 is 1.77 bits per heavy atom. The van der Waals surface area contributed by atoms with Crippen LogP contribution in [0, 0.1) is 5.92 Å². The van der Waals surface area contributed by atoms with Gasteiger partial charge in [-0.3, -0.25) is 9.59 Å². The molecule has 4 nitrogen and oxygen atoms in total. The van der Waals surface area contributed by atoms with Gasteiger partial charge in [0, 0.05) is 7.05 Å². The number of Topliss-reactive ketones (excluding diaryl/α,β-unsaturated/α-hetero) is 1. The zero-order valence-electron chi connectivity index (χ0n) is 7.82. The molecule has 1 atom stereocenters. The highest BCUT2D eigenvalue weighted by molar-refractivity contribution is 6.02. The fourth-order valence-electron chi connectivity index (χ4n) is 1.18. The summed E-state index contributed by atoms with van der Waals surface area (Å²) >= 11 is 0. The molecule has 1 aliphatic rings.